The molecule has 0 atom stereocenters. The molecule has 6 heteroatoms. The van der Waals surface area contributed by atoms with Crippen molar-refractivity contribution in [2.45, 2.75) is 0 Å². The van der Waals surface area contributed by atoms with Gasteiger partial charge in [-0.3, -0.25) is 4.40 Å². The number of fused-ring (bicyclic) bond motifs is 3. The fourth-order valence-corrected chi connectivity index (χ4v) is 3.54. The van der Waals surface area contributed by atoms with E-state index in [2.05, 4.69) is 45.4 Å². The van der Waals surface area contributed by atoms with Crippen LogP contribution in [0.25, 0.3) is 27.8 Å². The van der Waals surface area contributed by atoms with Crippen molar-refractivity contribution in [3.05, 3.63) is 84.1 Å². The molecule has 2 aromatic heterocycles. The van der Waals surface area contributed by atoms with Crippen molar-refractivity contribution >= 4 is 39.8 Å². The molecule has 2 heterocycles. The number of hydrogen-bond donors (Lipinski definition) is 0. The van der Waals surface area contributed by atoms with Crippen LogP contribution >= 0.6 is 11.6 Å². The van der Waals surface area contributed by atoms with Crippen molar-refractivity contribution in [2.24, 2.45) is 0 Å². The molecule has 0 fully saturated rings. The lowest BCUT2D eigenvalue weighted by Gasteiger charge is -2.21. The summed E-state index contributed by atoms with van der Waals surface area (Å²) in [6, 6.07) is 24.4. The van der Waals surface area contributed by atoms with Crippen LogP contribution < -0.4 is 4.90 Å². The van der Waals surface area contributed by atoms with Crippen LogP contribution in [0.3, 0.4) is 0 Å². The Kier molecular flexibility index (Phi) is 3.95. The molecule has 0 aliphatic heterocycles. The van der Waals surface area contributed by atoms with E-state index in [1.54, 1.807) is 6.33 Å². The summed E-state index contributed by atoms with van der Waals surface area (Å²) < 4.78 is 1.90. The zero-order valence-electron chi connectivity index (χ0n) is 15.1. The van der Waals surface area contributed by atoms with Gasteiger partial charge in [-0.15, -0.1) is 10.2 Å². The number of aromatic nitrogens is 4. The number of para-hydroxylation sites is 1. The lowest BCUT2D eigenvalue weighted by molar-refractivity contribution is 1.08. The van der Waals surface area contributed by atoms with Crippen LogP contribution in [0.15, 0.2) is 79.1 Å². The molecule has 0 saturated carbocycles. The van der Waals surface area contributed by atoms with E-state index in [0.717, 1.165) is 38.6 Å². The molecule has 0 unspecified atom stereocenters. The highest BCUT2D eigenvalue weighted by atomic mass is 35.5. The highest BCUT2D eigenvalue weighted by molar-refractivity contribution is 6.30. The second-order valence-corrected chi connectivity index (χ2v) is 7.01. The van der Waals surface area contributed by atoms with Gasteiger partial charge in [-0.05, 0) is 47.5 Å². The topological polar surface area (TPSA) is 46.3 Å². The quantitative estimate of drug-likeness (QED) is 0.419. The van der Waals surface area contributed by atoms with Gasteiger partial charge in [0, 0.05) is 23.1 Å². The Bertz CT molecular complexity index is 1290. The normalized spacial score (nSPS) is 11.2. The lowest BCUT2D eigenvalue weighted by atomic mass is 10.0. The fourth-order valence-electron chi connectivity index (χ4n) is 3.42. The summed E-state index contributed by atoms with van der Waals surface area (Å²) in [6.45, 7) is 0. The Morgan fingerprint density at radius 2 is 1.71 bits per heavy atom. The van der Waals surface area contributed by atoms with Crippen LogP contribution in [0.1, 0.15) is 0 Å². The first-order chi connectivity index (χ1) is 13.7. The standard InChI is InChI=1S/C22H16ClN5/c1-27(18-6-4-5-16(13-18)15-9-11-17(23)12-10-15)21-19-7-2-3-8-20(19)28-14-24-26-22(28)25-21/h2-14H,1H3. The predicted octanol–water partition coefficient (Wildman–Crippen LogP) is 5.37. The minimum Gasteiger partial charge on any atom is -0.329 e. The molecule has 0 amide bonds. The monoisotopic (exact) mass is 385 g/mol. The number of benzene rings is 3. The van der Waals surface area contributed by atoms with E-state index in [1.807, 2.05) is 53.9 Å². The highest BCUT2D eigenvalue weighted by Gasteiger charge is 2.14. The Hall–Kier alpha value is -3.44. The number of nitrogens with zero attached hydrogens (tertiary/aromatic N) is 5. The molecule has 3 aromatic carbocycles. The summed E-state index contributed by atoms with van der Waals surface area (Å²) in [5.74, 6) is 1.42. The molecule has 5 aromatic rings. The van der Waals surface area contributed by atoms with Crippen LogP contribution in [0.2, 0.25) is 5.02 Å². The van der Waals surface area contributed by atoms with Crippen LogP contribution in [0, 0.1) is 0 Å². The maximum atomic E-state index is 6.03. The second-order valence-electron chi connectivity index (χ2n) is 6.57. The predicted molar refractivity (Wildman–Crippen MR) is 113 cm³/mol. The van der Waals surface area contributed by atoms with Gasteiger partial charge < -0.3 is 4.90 Å². The van der Waals surface area contributed by atoms with E-state index in [-0.39, 0.29) is 0 Å². The van der Waals surface area contributed by atoms with Crippen molar-refractivity contribution in [3.8, 4) is 11.1 Å². The highest BCUT2D eigenvalue weighted by Crippen LogP contribution is 2.32. The zero-order chi connectivity index (χ0) is 19.1. The molecule has 0 spiro atoms. The molecule has 0 radical (unpaired) electrons. The SMILES string of the molecule is CN(c1cccc(-c2ccc(Cl)cc2)c1)c1nc2nncn2c2ccccc12. The third-order valence-corrected chi connectivity index (χ3v) is 5.12. The Morgan fingerprint density at radius 3 is 2.57 bits per heavy atom. The van der Waals surface area contributed by atoms with Gasteiger partial charge in [-0.2, -0.15) is 4.98 Å². The molecule has 0 aliphatic rings. The van der Waals surface area contributed by atoms with Gasteiger partial charge in [0.1, 0.15) is 12.1 Å². The van der Waals surface area contributed by atoms with E-state index in [9.17, 15) is 0 Å². The molecule has 28 heavy (non-hydrogen) atoms. The summed E-state index contributed by atoms with van der Waals surface area (Å²) in [7, 11) is 2.02. The second kappa shape index (κ2) is 6.62. The Morgan fingerprint density at radius 1 is 0.893 bits per heavy atom. The number of rotatable bonds is 3. The largest absolute Gasteiger partial charge is 0.329 e. The molecule has 0 bridgehead atoms. The summed E-state index contributed by atoms with van der Waals surface area (Å²) in [4.78, 5) is 6.83. The van der Waals surface area contributed by atoms with Crippen molar-refractivity contribution in [3.63, 3.8) is 0 Å². The minimum atomic E-state index is 0.578. The molecular formula is C22H16ClN5. The summed E-state index contributed by atoms with van der Waals surface area (Å²) >= 11 is 6.03. The number of halogens is 1. The molecular weight excluding hydrogens is 370 g/mol. The molecule has 0 N–H and O–H groups in total. The van der Waals surface area contributed by atoms with Crippen LogP contribution in [0.5, 0.6) is 0 Å². The smallest absolute Gasteiger partial charge is 0.257 e. The summed E-state index contributed by atoms with van der Waals surface area (Å²) in [5, 5.41) is 9.92. The van der Waals surface area contributed by atoms with Gasteiger partial charge in [0.15, 0.2) is 0 Å². The average Bonchev–Trinajstić information content (AvgIpc) is 3.22. The van der Waals surface area contributed by atoms with Gasteiger partial charge in [0.05, 0.1) is 5.52 Å². The zero-order valence-corrected chi connectivity index (χ0v) is 15.9. The van der Waals surface area contributed by atoms with E-state index in [4.69, 9.17) is 16.6 Å². The molecule has 0 saturated heterocycles. The lowest BCUT2D eigenvalue weighted by Crippen LogP contribution is -2.13. The maximum Gasteiger partial charge on any atom is 0.257 e. The number of hydrogen-bond acceptors (Lipinski definition) is 4. The fraction of sp³-hybridized carbons (Fsp3) is 0.0455. The van der Waals surface area contributed by atoms with Crippen molar-refractivity contribution in [1.82, 2.24) is 19.6 Å². The third kappa shape index (κ3) is 2.77. The van der Waals surface area contributed by atoms with Gasteiger partial charge in [-0.25, -0.2) is 0 Å². The molecule has 5 rings (SSSR count). The van der Waals surface area contributed by atoms with Crippen molar-refractivity contribution in [1.29, 1.82) is 0 Å². The molecule has 0 aliphatic carbocycles. The number of anilines is 2. The summed E-state index contributed by atoms with van der Waals surface area (Å²) in [6.07, 6.45) is 1.69. The van der Waals surface area contributed by atoms with Crippen molar-refractivity contribution < 1.29 is 0 Å². The van der Waals surface area contributed by atoms with Crippen LogP contribution in [-0.4, -0.2) is 26.6 Å². The maximum absolute atomic E-state index is 6.03. The first kappa shape index (κ1) is 16.7. The van der Waals surface area contributed by atoms with E-state index < -0.39 is 0 Å². The van der Waals surface area contributed by atoms with E-state index >= 15 is 0 Å². The average molecular weight is 386 g/mol. The van der Waals surface area contributed by atoms with Crippen LogP contribution in [-0.2, 0) is 0 Å². The van der Waals surface area contributed by atoms with Crippen LogP contribution in [0.4, 0.5) is 11.5 Å². The first-order valence-corrected chi connectivity index (χ1v) is 9.27. The van der Waals surface area contributed by atoms with Gasteiger partial charge in [0.25, 0.3) is 5.78 Å². The Balaban J connectivity index is 1.64. The molecule has 5 nitrogen and oxygen atoms in total. The van der Waals surface area contributed by atoms with E-state index in [1.165, 1.54) is 0 Å². The first-order valence-electron chi connectivity index (χ1n) is 8.89. The van der Waals surface area contributed by atoms with E-state index in [0.29, 0.717) is 5.78 Å². The van der Waals surface area contributed by atoms with Crippen molar-refractivity contribution in [2.75, 3.05) is 11.9 Å². The summed E-state index contributed by atoms with van der Waals surface area (Å²) in [5.41, 5.74) is 4.29. The molecule has 136 valence electrons. The Labute approximate surface area is 166 Å². The third-order valence-electron chi connectivity index (χ3n) is 4.87. The van der Waals surface area contributed by atoms with Gasteiger partial charge >= 0.3 is 0 Å². The van der Waals surface area contributed by atoms with Gasteiger partial charge in [-0.1, -0.05) is 48.0 Å². The minimum absolute atomic E-state index is 0.578. The van der Waals surface area contributed by atoms with Gasteiger partial charge in [0.2, 0.25) is 0 Å².